The maximum Gasteiger partial charge on any atom is 0.261 e. The number of carbonyl (C=O) groups excluding carboxylic acids is 1. The minimum absolute atomic E-state index is 0.0516. The Morgan fingerprint density at radius 1 is 1.30 bits per heavy atom. The van der Waals surface area contributed by atoms with Crippen LogP contribution in [0.15, 0.2) is 35.7 Å². The lowest BCUT2D eigenvalue weighted by Crippen LogP contribution is -2.38. The van der Waals surface area contributed by atoms with Gasteiger partial charge in [-0.1, -0.05) is 29.3 Å². The number of hydrogen-bond acceptors (Lipinski definition) is 4. The first-order chi connectivity index (χ1) is 10.8. The zero-order valence-electron chi connectivity index (χ0n) is 12.1. The van der Waals surface area contributed by atoms with Crippen molar-refractivity contribution in [3.8, 4) is 0 Å². The zero-order valence-corrected chi connectivity index (χ0v) is 15.3. The molecule has 0 fully saturated rings. The average Bonchev–Trinajstić information content (AvgIpc) is 2.99. The second-order valence-corrected chi connectivity index (χ2v) is 8.36. The molecule has 0 aliphatic heterocycles. The van der Waals surface area contributed by atoms with Crippen molar-refractivity contribution in [2.24, 2.45) is 0 Å². The summed E-state index contributed by atoms with van der Waals surface area (Å²) >= 11 is 13.3. The molecule has 5 nitrogen and oxygen atoms in total. The van der Waals surface area contributed by atoms with Crippen LogP contribution in [-0.2, 0) is 10.0 Å². The van der Waals surface area contributed by atoms with E-state index in [2.05, 4.69) is 5.32 Å². The molecule has 0 bridgehead atoms. The molecule has 0 aliphatic carbocycles. The molecule has 0 saturated heterocycles. The third-order valence-corrected chi connectivity index (χ3v) is 5.53. The topological polar surface area (TPSA) is 66.5 Å². The second-order valence-electron chi connectivity index (χ2n) is 4.66. The fourth-order valence-corrected chi connectivity index (χ4v) is 3.92. The Morgan fingerprint density at radius 3 is 2.65 bits per heavy atom. The first-order valence-corrected chi connectivity index (χ1v) is 10.0. The van der Waals surface area contributed by atoms with Crippen molar-refractivity contribution in [1.29, 1.82) is 0 Å². The molecular weight excluding hydrogens is 379 g/mol. The highest BCUT2D eigenvalue weighted by Gasteiger charge is 2.20. The van der Waals surface area contributed by atoms with Gasteiger partial charge in [0.05, 0.1) is 28.4 Å². The molecule has 124 valence electrons. The number of thiophene rings is 1. The third-order valence-electron chi connectivity index (χ3n) is 2.92. The minimum Gasteiger partial charge on any atom is -0.350 e. The lowest BCUT2D eigenvalue weighted by atomic mass is 10.3. The summed E-state index contributed by atoms with van der Waals surface area (Å²) < 4.78 is 25.1. The van der Waals surface area contributed by atoms with Crippen LogP contribution in [0.25, 0.3) is 0 Å². The summed E-state index contributed by atoms with van der Waals surface area (Å²) in [5.41, 5.74) is 0.284. The molecule has 1 N–H and O–H groups in total. The van der Waals surface area contributed by atoms with E-state index in [-0.39, 0.29) is 29.7 Å². The van der Waals surface area contributed by atoms with E-state index < -0.39 is 10.0 Å². The SMILES string of the molecule is CS(=O)(=O)N(CCNC(=O)c1cccs1)c1cc(Cl)ccc1Cl. The molecule has 1 amide bonds. The summed E-state index contributed by atoms with van der Waals surface area (Å²) in [6, 6.07) is 8.05. The molecule has 2 rings (SSSR count). The molecule has 9 heteroatoms. The Balaban J connectivity index is 2.11. The number of sulfonamides is 1. The summed E-state index contributed by atoms with van der Waals surface area (Å²) in [6.07, 6.45) is 1.07. The van der Waals surface area contributed by atoms with E-state index in [4.69, 9.17) is 23.2 Å². The first kappa shape index (κ1) is 18.1. The number of halogens is 2. The molecule has 2 aromatic rings. The number of amides is 1. The number of rotatable bonds is 6. The van der Waals surface area contributed by atoms with Crippen LogP contribution in [-0.4, -0.2) is 33.7 Å². The largest absolute Gasteiger partial charge is 0.350 e. The Labute approximate surface area is 148 Å². The fraction of sp³-hybridized carbons (Fsp3) is 0.214. The highest BCUT2D eigenvalue weighted by atomic mass is 35.5. The fourth-order valence-electron chi connectivity index (χ4n) is 1.91. The molecule has 1 heterocycles. The average molecular weight is 393 g/mol. The van der Waals surface area contributed by atoms with Crippen LogP contribution in [0.3, 0.4) is 0 Å². The van der Waals surface area contributed by atoms with E-state index in [0.717, 1.165) is 10.6 Å². The van der Waals surface area contributed by atoms with Crippen LogP contribution in [0.1, 0.15) is 9.67 Å². The summed E-state index contributed by atoms with van der Waals surface area (Å²) in [6.45, 7) is 0.197. The molecule has 0 atom stereocenters. The van der Waals surface area contributed by atoms with Gasteiger partial charge in [-0.15, -0.1) is 11.3 Å². The Hall–Kier alpha value is -1.28. The van der Waals surface area contributed by atoms with Gasteiger partial charge in [0.1, 0.15) is 0 Å². The third kappa shape index (κ3) is 4.84. The van der Waals surface area contributed by atoms with E-state index in [0.29, 0.717) is 9.90 Å². The van der Waals surface area contributed by atoms with Gasteiger partial charge in [0, 0.05) is 11.6 Å². The van der Waals surface area contributed by atoms with Gasteiger partial charge in [-0.3, -0.25) is 9.10 Å². The van der Waals surface area contributed by atoms with Gasteiger partial charge >= 0.3 is 0 Å². The number of anilines is 1. The quantitative estimate of drug-likeness (QED) is 0.820. The molecule has 23 heavy (non-hydrogen) atoms. The van der Waals surface area contributed by atoms with Crippen LogP contribution >= 0.6 is 34.5 Å². The van der Waals surface area contributed by atoms with Crippen LogP contribution in [0.2, 0.25) is 10.0 Å². The van der Waals surface area contributed by atoms with Crippen molar-refractivity contribution in [1.82, 2.24) is 5.32 Å². The monoisotopic (exact) mass is 392 g/mol. The Kier molecular flexibility index (Phi) is 5.91. The van der Waals surface area contributed by atoms with Gasteiger partial charge in [-0.25, -0.2) is 8.42 Å². The maximum absolute atomic E-state index is 12.0. The molecule has 0 saturated carbocycles. The molecule has 0 spiro atoms. The number of hydrogen-bond donors (Lipinski definition) is 1. The number of nitrogens with one attached hydrogen (secondary N) is 1. The highest BCUT2D eigenvalue weighted by Crippen LogP contribution is 2.30. The highest BCUT2D eigenvalue weighted by molar-refractivity contribution is 7.92. The van der Waals surface area contributed by atoms with E-state index in [9.17, 15) is 13.2 Å². The van der Waals surface area contributed by atoms with Crippen molar-refractivity contribution in [2.75, 3.05) is 23.7 Å². The van der Waals surface area contributed by atoms with Crippen molar-refractivity contribution in [2.45, 2.75) is 0 Å². The Morgan fingerprint density at radius 2 is 2.04 bits per heavy atom. The van der Waals surface area contributed by atoms with Gasteiger partial charge in [0.25, 0.3) is 5.91 Å². The van der Waals surface area contributed by atoms with Gasteiger partial charge < -0.3 is 5.32 Å². The lowest BCUT2D eigenvalue weighted by molar-refractivity contribution is 0.0959. The van der Waals surface area contributed by atoms with Crippen LogP contribution in [0.4, 0.5) is 5.69 Å². The molecule has 0 radical (unpaired) electrons. The van der Waals surface area contributed by atoms with Crippen molar-refractivity contribution < 1.29 is 13.2 Å². The van der Waals surface area contributed by atoms with Crippen molar-refractivity contribution >= 4 is 56.2 Å². The van der Waals surface area contributed by atoms with Crippen LogP contribution in [0, 0.1) is 0 Å². The molecule has 0 aliphatic rings. The van der Waals surface area contributed by atoms with Gasteiger partial charge in [-0.2, -0.15) is 0 Å². The number of carbonyl (C=O) groups is 1. The van der Waals surface area contributed by atoms with Crippen LogP contribution < -0.4 is 9.62 Å². The second kappa shape index (κ2) is 7.53. The van der Waals surface area contributed by atoms with Gasteiger partial charge in [0.2, 0.25) is 10.0 Å². The van der Waals surface area contributed by atoms with Crippen molar-refractivity contribution in [3.05, 3.63) is 50.6 Å². The smallest absolute Gasteiger partial charge is 0.261 e. The molecular formula is C14H14Cl2N2O3S2. The van der Waals surface area contributed by atoms with Gasteiger partial charge in [-0.05, 0) is 29.6 Å². The minimum atomic E-state index is -3.57. The summed E-state index contributed by atoms with van der Waals surface area (Å²) in [5, 5.41) is 5.12. The van der Waals surface area contributed by atoms with Crippen molar-refractivity contribution in [3.63, 3.8) is 0 Å². The first-order valence-electron chi connectivity index (χ1n) is 6.53. The summed E-state index contributed by atoms with van der Waals surface area (Å²) in [5.74, 6) is -0.245. The van der Waals surface area contributed by atoms with E-state index in [1.807, 2.05) is 0 Å². The van der Waals surface area contributed by atoms with E-state index >= 15 is 0 Å². The summed E-state index contributed by atoms with van der Waals surface area (Å²) in [4.78, 5) is 12.4. The predicted molar refractivity (Wildman–Crippen MR) is 95.3 cm³/mol. The maximum atomic E-state index is 12.0. The lowest BCUT2D eigenvalue weighted by Gasteiger charge is -2.23. The van der Waals surface area contributed by atoms with Crippen LogP contribution in [0.5, 0.6) is 0 Å². The molecule has 0 unspecified atom stereocenters. The zero-order chi connectivity index (χ0) is 17.0. The summed E-state index contributed by atoms with van der Waals surface area (Å²) in [7, 11) is -3.57. The normalized spacial score (nSPS) is 11.3. The number of nitrogens with zero attached hydrogens (tertiary/aromatic N) is 1. The molecule has 1 aromatic heterocycles. The van der Waals surface area contributed by atoms with E-state index in [1.165, 1.54) is 23.5 Å². The van der Waals surface area contributed by atoms with E-state index in [1.54, 1.807) is 23.6 Å². The Bertz CT molecular complexity index is 792. The number of benzene rings is 1. The predicted octanol–water partition coefficient (Wildman–Crippen LogP) is 3.25. The standard InChI is InChI=1S/C14H14Cl2N2O3S2/c1-23(20,21)18(12-9-10(15)4-5-11(12)16)7-6-17-14(19)13-3-2-8-22-13/h2-5,8-9H,6-7H2,1H3,(H,17,19). The van der Waals surface area contributed by atoms with Gasteiger partial charge in [0.15, 0.2) is 0 Å². The molecule has 1 aromatic carbocycles.